The zero-order valence-electron chi connectivity index (χ0n) is 8.56. The lowest BCUT2D eigenvalue weighted by Crippen LogP contribution is -2.41. The Labute approximate surface area is 103 Å². The Kier molecular flexibility index (Phi) is 4.44. The van der Waals surface area contributed by atoms with Crippen molar-refractivity contribution in [3.8, 4) is 0 Å². The SMILES string of the molecule is O=C(NCC(F)(F)C(F)F)c1cc(F)cnc1Cl. The van der Waals surface area contributed by atoms with E-state index in [0.29, 0.717) is 12.3 Å². The minimum Gasteiger partial charge on any atom is -0.346 e. The van der Waals surface area contributed by atoms with Crippen LogP contribution >= 0.6 is 11.6 Å². The first-order valence-electron chi connectivity index (χ1n) is 4.49. The van der Waals surface area contributed by atoms with E-state index in [1.54, 1.807) is 0 Å². The normalized spacial score (nSPS) is 11.7. The third kappa shape index (κ3) is 3.52. The van der Waals surface area contributed by atoms with E-state index in [4.69, 9.17) is 11.6 Å². The van der Waals surface area contributed by atoms with Crippen LogP contribution in [0.1, 0.15) is 10.4 Å². The molecule has 1 amide bonds. The molecule has 1 N–H and O–H groups in total. The van der Waals surface area contributed by atoms with Crippen molar-refractivity contribution in [3.05, 3.63) is 28.8 Å². The van der Waals surface area contributed by atoms with E-state index in [0.717, 1.165) is 0 Å². The molecule has 1 aromatic rings. The molecule has 1 aromatic heterocycles. The highest BCUT2D eigenvalue weighted by Gasteiger charge is 2.41. The molecule has 1 heterocycles. The molecule has 18 heavy (non-hydrogen) atoms. The minimum absolute atomic E-state index is 0.422. The summed E-state index contributed by atoms with van der Waals surface area (Å²) in [7, 11) is 0. The molecule has 0 radical (unpaired) electrons. The molecule has 3 nitrogen and oxygen atoms in total. The molecule has 0 aliphatic carbocycles. The van der Waals surface area contributed by atoms with Crippen molar-refractivity contribution in [3.63, 3.8) is 0 Å². The summed E-state index contributed by atoms with van der Waals surface area (Å²) in [6.07, 6.45) is -3.20. The summed E-state index contributed by atoms with van der Waals surface area (Å²) in [5.41, 5.74) is -0.512. The molecular formula is C9H6ClF5N2O. The van der Waals surface area contributed by atoms with E-state index in [9.17, 15) is 26.7 Å². The molecule has 0 saturated carbocycles. The Bertz CT molecular complexity index is 455. The molecule has 1 rings (SSSR count). The van der Waals surface area contributed by atoms with Crippen molar-refractivity contribution >= 4 is 17.5 Å². The van der Waals surface area contributed by atoms with Crippen LogP contribution in [0.5, 0.6) is 0 Å². The van der Waals surface area contributed by atoms with Gasteiger partial charge in [0, 0.05) is 0 Å². The highest BCUT2D eigenvalue weighted by molar-refractivity contribution is 6.32. The lowest BCUT2D eigenvalue weighted by Gasteiger charge is -2.15. The van der Waals surface area contributed by atoms with E-state index < -0.39 is 41.3 Å². The number of pyridine rings is 1. The monoisotopic (exact) mass is 288 g/mol. The van der Waals surface area contributed by atoms with Gasteiger partial charge in [-0.1, -0.05) is 11.6 Å². The fraction of sp³-hybridized carbons (Fsp3) is 0.333. The summed E-state index contributed by atoms with van der Waals surface area (Å²) in [6.45, 7) is -1.59. The maximum atomic E-state index is 12.7. The summed E-state index contributed by atoms with van der Waals surface area (Å²) in [5.74, 6) is -6.50. The van der Waals surface area contributed by atoms with Crippen LogP contribution in [0.2, 0.25) is 5.15 Å². The van der Waals surface area contributed by atoms with E-state index in [1.165, 1.54) is 5.32 Å². The number of amides is 1. The van der Waals surface area contributed by atoms with Gasteiger partial charge in [0.25, 0.3) is 5.91 Å². The van der Waals surface area contributed by atoms with Gasteiger partial charge in [-0.15, -0.1) is 0 Å². The van der Waals surface area contributed by atoms with Gasteiger partial charge in [0.1, 0.15) is 11.0 Å². The average molecular weight is 289 g/mol. The lowest BCUT2D eigenvalue weighted by atomic mass is 10.2. The molecule has 0 spiro atoms. The molecule has 100 valence electrons. The molecule has 0 unspecified atom stereocenters. The van der Waals surface area contributed by atoms with Crippen LogP contribution in [-0.2, 0) is 0 Å². The molecule has 0 atom stereocenters. The first-order valence-corrected chi connectivity index (χ1v) is 4.87. The third-order valence-electron chi connectivity index (χ3n) is 1.85. The average Bonchev–Trinajstić information content (AvgIpc) is 2.29. The zero-order valence-corrected chi connectivity index (χ0v) is 9.32. The maximum Gasteiger partial charge on any atom is 0.324 e. The predicted octanol–water partition coefficient (Wildman–Crippen LogP) is 2.50. The first kappa shape index (κ1) is 14.6. The highest BCUT2D eigenvalue weighted by Crippen LogP contribution is 2.22. The first-order chi connectivity index (χ1) is 8.24. The van der Waals surface area contributed by atoms with Gasteiger partial charge in [0.2, 0.25) is 0 Å². The van der Waals surface area contributed by atoms with Crippen molar-refractivity contribution in [2.45, 2.75) is 12.3 Å². The largest absolute Gasteiger partial charge is 0.346 e. The number of halogens is 6. The van der Waals surface area contributed by atoms with E-state index in [-0.39, 0.29) is 0 Å². The van der Waals surface area contributed by atoms with Crippen LogP contribution in [-0.4, -0.2) is 29.8 Å². The topological polar surface area (TPSA) is 42.0 Å². The fourth-order valence-corrected chi connectivity index (χ4v) is 1.14. The van der Waals surface area contributed by atoms with Gasteiger partial charge in [-0.2, -0.15) is 8.78 Å². The Hall–Kier alpha value is -1.44. The van der Waals surface area contributed by atoms with Gasteiger partial charge in [-0.25, -0.2) is 18.2 Å². The molecule has 9 heteroatoms. The number of hydrogen-bond acceptors (Lipinski definition) is 2. The van der Waals surface area contributed by atoms with Crippen molar-refractivity contribution < 1.29 is 26.7 Å². The van der Waals surface area contributed by atoms with Gasteiger partial charge in [-0.05, 0) is 6.07 Å². The summed E-state index contributed by atoms with van der Waals surface area (Å²) < 4.78 is 61.4. The van der Waals surface area contributed by atoms with Crippen molar-refractivity contribution in [1.82, 2.24) is 10.3 Å². The second-order valence-electron chi connectivity index (χ2n) is 3.24. The summed E-state index contributed by atoms with van der Waals surface area (Å²) in [5, 5.41) is 1.11. The molecule has 0 saturated heterocycles. The van der Waals surface area contributed by atoms with Gasteiger partial charge in [0.15, 0.2) is 0 Å². The number of aromatic nitrogens is 1. The Morgan fingerprint density at radius 1 is 1.50 bits per heavy atom. The number of carbonyl (C=O) groups is 1. The van der Waals surface area contributed by atoms with Gasteiger partial charge < -0.3 is 5.32 Å². The zero-order chi connectivity index (χ0) is 13.9. The number of rotatable bonds is 4. The van der Waals surface area contributed by atoms with Crippen molar-refractivity contribution in [2.75, 3.05) is 6.54 Å². The number of hydrogen-bond donors (Lipinski definition) is 1. The Balaban J connectivity index is 2.75. The standard InChI is InChI=1S/C9H6ClF5N2O/c10-6-5(1-4(11)2-16-6)7(18)17-3-9(14,15)8(12)13/h1-2,8H,3H2,(H,17,18). The third-order valence-corrected chi connectivity index (χ3v) is 2.16. The summed E-state index contributed by atoms with van der Waals surface area (Å²) >= 11 is 5.43. The van der Waals surface area contributed by atoms with E-state index >= 15 is 0 Å². The highest BCUT2D eigenvalue weighted by atomic mass is 35.5. The number of carbonyl (C=O) groups excluding carboxylic acids is 1. The molecule has 0 aromatic carbocycles. The van der Waals surface area contributed by atoms with Crippen LogP contribution in [0.15, 0.2) is 12.3 Å². The Morgan fingerprint density at radius 2 is 2.11 bits per heavy atom. The van der Waals surface area contributed by atoms with Crippen molar-refractivity contribution in [2.24, 2.45) is 0 Å². The fourth-order valence-electron chi connectivity index (χ4n) is 0.952. The van der Waals surface area contributed by atoms with Crippen LogP contribution in [0.4, 0.5) is 22.0 Å². The molecule has 0 aliphatic heterocycles. The predicted molar refractivity (Wildman–Crippen MR) is 52.5 cm³/mol. The minimum atomic E-state index is -4.37. The molecule has 0 aliphatic rings. The maximum absolute atomic E-state index is 12.7. The number of nitrogens with one attached hydrogen (secondary N) is 1. The van der Waals surface area contributed by atoms with Crippen LogP contribution in [0.3, 0.4) is 0 Å². The second-order valence-corrected chi connectivity index (χ2v) is 3.59. The molecule has 0 fully saturated rings. The van der Waals surface area contributed by atoms with Crippen LogP contribution in [0.25, 0.3) is 0 Å². The van der Waals surface area contributed by atoms with Crippen LogP contribution < -0.4 is 5.32 Å². The summed E-state index contributed by atoms with van der Waals surface area (Å²) in [4.78, 5) is 14.6. The number of nitrogens with zero attached hydrogens (tertiary/aromatic N) is 1. The second kappa shape index (κ2) is 5.47. The van der Waals surface area contributed by atoms with E-state index in [2.05, 4.69) is 4.98 Å². The van der Waals surface area contributed by atoms with Gasteiger partial charge >= 0.3 is 12.3 Å². The molecule has 0 bridgehead atoms. The van der Waals surface area contributed by atoms with E-state index in [1.807, 2.05) is 0 Å². The van der Waals surface area contributed by atoms with Crippen LogP contribution in [0, 0.1) is 5.82 Å². The van der Waals surface area contributed by atoms with Gasteiger partial charge in [-0.3, -0.25) is 4.79 Å². The van der Waals surface area contributed by atoms with Crippen molar-refractivity contribution in [1.29, 1.82) is 0 Å². The smallest absolute Gasteiger partial charge is 0.324 e. The van der Waals surface area contributed by atoms with Gasteiger partial charge in [0.05, 0.1) is 18.3 Å². The quantitative estimate of drug-likeness (QED) is 0.683. The molecular weight excluding hydrogens is 283 g/mol. The lowest BCUT2D eigenvalue weighted by molar-refractivity contribution is -0.123. The summed E-state index contributed by atoms with van der Waals surface area (Å²) in [6, 6.07) is 0.658. The Morgan fingerprint density at radius 3 is 2.67 bits per heavy atom. The number of alkyl halides is 4.